The van der Waals surface area contributed by atoms with Crippen LogP contribution >= 0.6 is 0 Å². The van der Waals surface area contributed by atoms with Crippen molar-refractivity contribution in [3.63, 3.8) is 0 Å². The van der Waals surface area contributed by atoms with E-state index in [4.69, 9.17) is 4.74 Å². The molecular formula is C17H18F3N3O3. The summed E-state index contributed by atoms with van der Waals surface area (Å²) in [7, 11) is 1.45. The van der Waals surface area contributed by atoms with Crippen LogP contribution in [0.3, 0.4) is 0 Å². The number of aryl methyl sites for hydroxylation is 1. The highest BCUT2D eigenvalue weighted by Gasteiger charge is 2.34. The number of carbonyl (C=O) groups excluding carboxylic acids is 1. The second-order valence-corrected chi connectivity index (χ2v) is 5.76. The van der Waals surface area contributed by atoms with Gasteiger partial charge in [0.1, 0.15) is 0 Å². The van der Waals surface area contributed by atoms with Crippen LogP contribution < -0.4 is 10.7 Å². The number of aromatic nitrogens is 2. The molecule has 1 N–H and O–H groups in total. The Labute approximate surface area is 147 Å². The van der Waals surface area contributed by atoms with Gasteiger partial charge in [-0.05, 0) is 26.0 Å². The Bertz CT molecular complexity index is 862. The Kier molecular flexibility index (Phi) is 5.81. The SMILES string of the molecule is COC[C@@H](C)NC(=O)c1nn(-c2ccccc2C(F)(F)F)c(C)cc1=O. The van der Waals surface area contributed by atoms with Gasteiger partial charge in [-0.3, -0.25) is 9.59 Å². The van der Waals surface area contributed by atoms with Crippen LogP contribution in [0.1, 0.15) is 28.7 Å². The van der Waals surface area contributed by atoms with E-state index >= 15 is 0 Å². The third-order valence-electron chi connectivity index (χ3n) is 3.55. The second-order valence-electron chi connectivity index (χ2n) is 5.76. The van der Waals surface area contributed by atoms with Crippen molar-refractivity contribution in [1.82, 2.24) is 15.1 Å². The van der Waals surface area contributed by atoms with Crippen LogP contribution in [0.5, 0.6) is 0 Å². The molecule has 1 aromatic heterocycles. The zero-order valence-corrected chi connectivity index (χ0v) is 14.4. The van der Waals surface area contributed by atoms with Gasteiger partial charge in [0.25, 0.3) is 5.91 Å². The van der Waals surface area contributed by atoms with Crippen LogP contribution in [0.25, 0.3) is 5.69 Å². The molecule has 0 radical (unpaired) electrons. The summed E-state index contributed by atoms with van der Waals surface area (Å²) < 4.78 is 45.6. The summed E-state index contributed by atoms with van der Waals surface area (Å²) in [4.78, 5) is 24.4. The highest BCUT2D eigenvalue weighted by molar-refractivity contribution is 5.92. The first-order valence-corrected chi connectivity index (χ1v) is 7.72. The molecular weight excluding hydrogens is 351 g/mol. The van der Waals surface area contributed by atoms with Gasteiger partial charge in [0.05, 0.1) is 17.9 Å². The molecule has 1 heterocycles. The molecule has 0 aliphatic heterocycles. The summed E-state index contributed by atoms with van der Waals surface area (Å²) >= 11 is 0. The van der Waals surface area contributed by atoms with Crippen LogP contribution in [0, 0.1) is 6.92 Å². The Morgan fingerprint density at radius 3 is 2.62 bits per heavy atom. The number of nitrogens with zero attached hydrogens (tertiary/aromatic N) is 2. The number of halogens is 3. The predicted octanol–water partition coefficient (Wildman–Crippen LogP) is 2.32. The lowest BCUT2D eigenvalue weighted by atomic mass is 10.1. The van der Waals surface area contributed by atoms with Gasteiger partial charge < -0.3 is 10.1 Å². The Balaban J connectivity index is 2.53. The number of rotatable bonds is 5. The summed E-state index contributed by atoms with van der Waals surface area (Å²) in [5, 5.41) is 6.40. The lowest BCUT2D eigenvalue weighted by Gasteiger charge is -2.17. The number of carbonyl (C=O) groups is 1. The minimum atomic E-state index is -4.61. The fourth-order valence-electron chi connectivity index (χ4n) is 2.43. The van der Waals surface area contributed by atoms with Crippen LogP contribution in [-0.4, -0.2) is 35.4 Å². The summed E-state index contributed by atoms with van der Waals surface area (Å²) in [5.41, 5.74) is -2.18. The standard InChI is InChI=1S/C17H18F3N3O3/c1-10(9-26-3)21-16(25)15-14(24)8-11(2)23(22-15)13-7-5-4-6-12(13)17(18,19)20/h4-8,10H,9H2,1-3H3,(H,21,25)/t10-/m1/s1. The zero-order chi connectivity index (χ0) is 19.5. The van der Waals surface area contributed by atoms with E-state index in [2.05, 4.69) is 10.4 Å². The van der Waals surface area contributed by atoms with Crippen LogP contribution in [0.15, 0.2) is 35.1 Å². The minimum Gasteiger partial charge on any atom is -0.383 e. The number of alkyl halides is 3. The molecule has 26 heavy (non-hydrogen) atoms. The average Bonchev–Trinajstić information content (AvgIpc) is 2.54. The van der Waals surface area contributed by atoms with Gasteiger partial charge >= 0.3 is 6.18 Å². The fourth-order valence-corrected chi connectivity index (χ4v) is 2.43. The molecule has 0 fully saturated rings. The first kappa shape index (κ1) is 19.6. The van der Waals surface area contributed by atoms with Crippen LogP contribution in [0.4, 0.5) is 13.2 Å². The van der Waals surface area contributed by atoms with Gasteiger partial charge in [-0.15, -0.1) is 0 Å². The van der Waals surface area contributed by atoms with Crippen molar-refractivity contribution in [3.05, 3.63) is 57.5 Å². The number of methoxy groups -OCH3 is 1. The third kappa shape index (κ3) is 4.29. The summed E-state index contributed by atoms with van der Waals surface area (Å²) in [6.07, 6.45) is -4.61. The van der Waals surface area contributed by atoms with Crippen molar-refractivity contribution in [2.45, 2.75) is 26.1 Å². The minimum absolute atomic E-state index is 0.174. The largest absolute Gasteiger partial charge is 0.418 e. The molecule has 0 saturated carbocycles. The lowest BCUT2D eigenvalue weighted by Crippen LogP contribution is -2.39. The first-order valence-electron chi connectivity index (χ1n) is 7.72. The molecule has 1 amide bonds. The smallest absolute Gasteiger partial charge is 0.383 e. The summed E-state index contributed by atoms with van der Waals surface area (Å²) in [6.45, 7) is 3.31. The molecule has 0 aliphatic carbocycles. The van der Waals surface area contributed by atoms with Crippen LogP contribution in [0.2, 0.25) is 0 Å². The van der Waals surface area contributed by atoms with Gasteiger partial charge in [-0.2, -0.15) is 18.3 Å². The van der Waals surface area contributed by atoms with E-state index in [9.17, 15) is 22.8 Å². The van der Waals surface area contributed by atoms with Crippen molar-refractivity contribution < 1.29 is 22.7 Å². The van der Waals surface area contributed by atoms with E-state index in [1.807, 2.05) is 0 Å². The van der Waals surface area contributed by atoms with Gasteiger partial charge in [-0.1, -0.05) is 12.1 Å². The Morgan fingerprint density at radius 2 is 2.00 bits per heavy atom. The number of para-hydroxylation sites is 1. The van der Waals surface area contributed by atoms with Crippen molar-refractivity contribution in [3.8, 4) is 5.69 Å². The van der Waals surface area contributed by atoms with Crippen molar-refractivity contribution >= 4 is 5.91 Å². The second kappa shape index (κ2) is 7.69. The number of nitrogens with one attached hydrogen (secondary N) is 1. The molecule has 9 heteroatoms. The van der Waals surface area contributed by atoms with E-state index in [1.165, 1.54) is 32.2 Å². The van der Waals surface area contributed by atoms with Crippen molar-refractivity contribution in [2.75, 3.05) is 13.7 Å². The molecule has 0 bridgehead atoms. The van der Waals surface area contributed by atoms with E-state index in [-0.39, 0.29) is 18.0 Å². The highest BCUT2D eigenvalue weighted by atomic mass is 19.4. The number of amides is 1. The van der Waals surface area contributed by atoms with Crippen molar-refractivity contribution in [1.29, 1.82) is 0 Å². The maximum absolute atomic E-state index is 13.3. The van der Waals surface area contributed by atoms with E-state index < -0.39 is 34.8 Å². The molecule has 1 atom stereocenters. The van der Waals surface area contributed by atoms with E-state index in [0.29, 0.717) is 0 Å². The molecule has 0 aliphatic rings. The number of ether oxygens (including phenoxy) is 1. The van der Waals surface area contributed by atoms with Gasteiger partial charge in [0.15, 0.2) is 5.69 Å². The highest BCUT2D eigenvalue weighted by Crippen LogP contribution is 2.33. The molecule has 2 rings (SSSR count). The molecule has 0 unspecified atom stereocenters. The van der Waals surface area contributed by atoms with Gasteiger partial charge in [0, 0.05) is 24.9 Å². The monoisotopic (exact) mass is 369 g/mol. The Hall–Kier alpha value is -2.68. The topological polar surface area (TPSA) is 73.2 Å². The normalized spacial score (nSPS) is 12.7. The molecule has 2 aromatic rings. The summed E-state index contributed by atoms with van der Waals surface area (Å²) in [6, 6.07) is 5.49. The number of hydrogen-bond acceptors (Lipinski definition) is 4. The third-order valence-corrected chi connectivity index (χ3v) is 3.55. The predicted molar refractivity (Wildman–Crippen MR) is 88.4 cm³/mol. The molecule has 140 valence electrons. The zero-order valence-electron chi connectivity index (χ0n) is 14.4. The van der Waals surface area contributed by atoms with Gasteiger partial charge in [0.2, 0.25) is 5.43 Å². The summed E-state index contributed by atoms with van der Waals surface area (Å²) in [5.74, 6) is -0.780. The van der Waals surface area contributed by atoms with Gasteiger partial charge in [-0.25, -0.2) is 4.68 Å². The molecule has 0 spiro atoms. The lowest BCUT2D eigenvalue weighted by molar-refractivity contribution is -0.137. The molecule has 0 saturated heterocycles. The maximum atomic E-state index is 13.3. The van der Waals surface area contributed by atoms with Crippen LogP contribution in [-0.2, 0) is 10.9 Å². The molecule has 1 aromatic carbocycles. The first-order chi connectivity index (χ1) is 12.1. The van der Waals surface area contributed by atoms with E-state index in [0.717, 1.165) is 16.8 Å². The number of hydrogen-bond donors (Lipinski definition) is 1. The maximum Gasteiger partial charge on any atom is 0.418 e. The average molecular weight is 369 g/mol. The Morgan fingerprint density at radius 1 is 1.35 bits per heavy atom. The fraction of sp³-hybridized carbons (Fsp3) is 0.353. The van der Waals surface area contributed by atoms with Crippen molar-refractivity contribution in [2.24, 2.45) is 0 Å². The molecule has 6 nitrogen and oxygen atoms in total. The van der Waals surface area contributed by atoms with E-state index in [1.54, 1.807) is 6.92 Å². The quantitative estimate of drug-likeness (QED) is 0.878. The number of benzene rings is 1.